The molecule has 4 heteroatoms. The second-order valence-electron chi connectivity index (χ2n) is 6.60. The van der Waals surface area contributed by atoms with Crippen LogP contribution in [-0.2, 0) is 6.54 Å². The van der Waals surface area contributed by atoms with Crippen molar-refractivity contribution in [1.29, 1.82) is 0 Å². The van der Waals surface area contributed by atoms with Gasteiger partial charge in [-0.3, -0.25) is 4.90 Å². The minimum Gasteiger partial charge on any atom is -0.478 e. The lowest BCUT2D eigenvalue weighted by Crippen LogP contribution is -2.50. The SMILES string of the molecule is O=C(O)c1ccc(CN2CCCC3(CCCNC3)C2)cc1. The highest BCUT2D eigenvalue weighted by molar-refractivity contribution is 5.87. The van der Waals surface area contributed by atoms with Crippen LogP contribution in [0.2, 0.25) is 0 Å². The number of hydrogen-bond donors (Lipinski definition) is 2. The molecule has 1 spiro atoms. The van der Waals surface area contributed by atoms with Crippen LogP contribution < -0.4 is 5.32 Å². The van der Waals surface area contributed by atoms with Gasteiger partial charge < -0.3 is 10.4 Å². The summed E-state index contributed by atoms with van der Waals surface area (Å²) in [6, 6.07) is 7.31. The van der Waals surface area contributed by atoms with Gasteiger partial charge in [0.15, 0.2) is 0 Å². The van der Waals surface area contributed by atoms with E-state index in [9.17, 15) is 4.79 Å². The first kappa shape index (κ1) is 14.5. The molecule has 1 unspecified atom stereocenters. The molecule has 1 aromatic carbocycles. The Kier molecular flexibility index (Phi) is 4.27. The van der Waals surface area contributed by atoms with Crippen LogP contribution in [0.5, 0.6) is 0 Å². The minimum absolute atomic E-state index is 0.366. The molecule has 1 atom stereocenters. The Morgan fingerprint density at radius 3 is 2.67 bits per heavy atom. The molecule has 3 rings (SSSR count). The lowest BCUT2D eigenvalue weighted by molar-refractivity contribution is 0.0600. The molecule has 0 radical (unpaired) electrons. The van der Waals surface area contributed by atoms with Crippen molar-refractivity contribution in [2.75, 3.05) is 26.2 Å². The number of nitrogens with zero attached hydrogens (tertiary/aromatic N) is 1. The minimum atomic E-state index is -0.855. The van der Waals surface area contributed by atoms with Gasteiger partial charge in [0.2, 0.25) is 0 Å². The number of piperidine rings is 2. The van der Waals surface area contributed by atoms with Crippen LogP contribution in [0.15, 0.2) is 24.3 Å². The Hall–Kier alpha value is -1.39. The number of carboxylic acid groups (broad SMARTS) is 1. The van der Waals surface area contributed by atoms with Crippen LogP contribution >= 0.6 is 0 Å². The maximum atomic E-state index is 10.9. The zero-order valence-corrected chi connectivity index (χ0v) is 12.5. The van der Waals surface area contributed by atoms with E-state index in [0.717, 1.165) is 19.6 Å². The number of carbonyl (C=O) groups is 1. The van der Waals surface area contributed by atoms with Gasteiger partial charge in [-0.2, -0.15) is 0 Å². The molecule has 0 aromatic heterocycles. The number of likely N-dealkylation sites (tertiary alicyclic amines) is 1. The Labute approximate surface area is 126 Å². The summed E-state index contributed by atoms with van der Waals surface area (Å²) in [6.45, 7) is 5.57. The highest BCUT2D eigenvalue weighted by Gasteiger charge is 2.36. The number of hydrogen-bond acceptors (Lipinski definition) is 3. The quantitative estimate of drug-likeness (QED) is 0.896. The van der Waals surface area contributed by atoms with Crippen LogP contribution in [0.3, 0.4) is 0 Å². The molecule has 1 aromatic rings. The molecule has 2 aliphatic heterocycles. The lowest BCUT2D eigenvalue weighted by Gasteiger charge is -2.45. The van der Waals surface area contributed by atoms with Crippen molar-refractivity contribution in [2.45, 2.75) is 32.2 Å². The van der Waals surface area contributed by atoms with Crippen LogP contribution in [0.25, 0.3) is 0 Å². The van der Waals surface area contributed by atoms with Crippen molar-refractivity contribution in [1.82, 2.24) is 10.2 Å². The van der Waals surface area contributed by atoms with E-state index in [2.05, 4.69) is 10.2 Å². The molecule has 4 nitrogen and oxygen atoms in total. The molecule has 2 aliphatic rings. The Morgan fingerprint density at radius 1 is 1.24 bits per heavy atom. The van der Waals surface area contributed by atoms with Gasteiger partial charge in [-0.15, -0.1) is 0 Å². The van der Waals surface area contributed by atoms with E-state index in [1.807, 2.05) is 12.1 Å². The van der Waals surface area contributed by atoms with Gasteiger partial charge >= 0.3 is 5.97 Å². The smallest absolute Gasteiger partial charge is 0.335 e. The van der Waals surface area contributed by atoms with E-state index in [1.54, 1.807) is 12.1 Å². The number of rotatable bonds is 3. The van der Waals surface area contributed by atoms with Gasteiger partial charge in [0.05, 0.1) is 5.56 Å². The maximum absolute atomic E-state index is 10.9. The number of carboxylic acids is 1. The van der Waals surface area contributed by atoms with Crippen molar-refractivity contribution >= 4 is 5.97 Å². The third-order valence-corrected chi connectivity index (χ3v) is 4.91. The zero-order chi connectivity index (χ0) is 14.7. The van der Waals surface area contributed by atoms with E-state index in [0.29, 0.717) is 11.0 Å². The first-order valence-electron chi connectivity index (χ1n) is 7.92. The molecule has 2 saturated heterocycles. The molecular weight excluding hydrogens is 264 g/mol. The van der Waals surface area contributed by atoms with Gasteiger partial charge in [0.1, 0.15) is 0 Å². The predicted octanol–water partition coefficient (Wildman–Crippen LogP) is 2.35. The summed E-state index contributed by atoms with van der Waals surface area (Å²) in [5.74, 6) is -0.855. The van der Waals surface area contributed by atoms with Gasteiger partial charge in [0, 0.05) is 19.6 Å². The van der Waals surface area contributed by atoms with Crippen molar-refractivity contribution in [3.05, 3.63) is 35.4 Å². The fourth-order valence-corrected chi connectivity index (χ4v) is 3.83. The summed E-state index contributed by atoms with van der Waals surface area (Å²) in [6.07, 6.45) is 5.25. The lowest BCUT2D eigenvalue weighted by atomic mass is 9.74. The summed E-state index contributed by atoms with van der Waals surface area (Å²) in [4.78, 5) is 13.4. The van der Waals surface area contributed by atoms with E-state index in [-0.39, 0.29) is 0 Å². The molecule has 0 aliphatic carbocycles. The van der Waals surface area contributed by atoms with E-state index < -0.39 is 5.97 Å². The topological polar surface area (TPSA) is 52.6 Å². The zero-order valence-electron chi connectivity index (χ0n) is 12.5. The maximum Gasteiger partial charge on any atom is 0.335 e. The Morgan fingerprint density at radius 2 is 2.00 bits per heavy atom. The standard InChI is InChI=1S/C17H24N2O2/c20-16(21)15-5-3-14(4-6-15)11-19-10-2-8-17(13-19)7-1-9-18-12-17/h3-6,18H,1-2,7-13H2,(H,20,21). The van der Waals surface area contributed by atoms with Gasteiger partial charge in [-0.25, -0.2) is 4.79 Å². The van der Waals surface area contributed by atoms with E-state index >= 15 is 0 Å². The van der Waals surface area contributed by atoms with Crippen LogP contribution in [0, 0.1) is 5.41 Å². The molecule has 0 bridgehead atoms. The molecule has 2 N–H and O–H groups in total. The Balaban J connectivity index is 1.62. The van der Waals surface area contributed by atoms with Crippen molar-refractivity contribution in [2.24, 2.45) is 5.41 Å². The highest BCUT2D eigenvalue weighted by Crippen LogP contribution is 2.36. The summed E-state index contributed by atoms with van der Waals surface area (Å²) >= 11 is 0. The fraction of sp³-hybridized carbons (Fsp3) is 0.588. The Bertz CT molecular complexity index is 487. The average Bonchev–Trinajstić information content (AvgIpc) is 2.49. The summed E-state index contributed by atoms with van der Waals surface area (Å²) in [7, 11) is 0. The van der Waals surface area contributed by atoms with Crippen molar-refractivity contribution in [3.8, 4) is 0 Å². The summed E-state index contributed by atoms with van der Waals surface area (Å²) in [5, 5.41) is 12.5. The molecule has 21 heavy (non-hydrogen) atoms. The number of nitrogens with one attached hydrogen (secondary N) is 1. The highest BCUT2D eigenvalue weighted by atomic mass is 16.4. The number of aromatic carboxylic acids is 1. The monoisotopic (exact) mass is 288 g/mol. The van der Waals surface area contributed by atoms with Crippen LogP contribution in [-0.4, -0.2) is 42.2 Å². The second-order valence-corrected chi connectivity index (χ2v) is 6.60. The molecule has 2 heterocycles. The molecule has 2 fully saturated rings. The largest absolute Gasteiger partial charge is 0.478 e. The fourth-order valence-electron chi connectivity index (χ4n) is 3.83. The summed E-state index contributed by atoms with van der Waals surface area (Å²) in [5.41, 5.74) is 2.04. The number of benzene rings is 1. The second kappa shape index (κ2) is 6.16. The molecular formula is C17H24N2O2. The predicted molar refractivity (Wildman–Crippen MR) is 82.4 cm³/mol. The van der Waals surface area contributed by atoms with E-state index in [1.165, 1.54) is 44.3 Å². The van der Waals surface area contributed by atoms with E-state index in [4.69, 9.17) is 5.11 Å². The van der Waals surface area contributed by atoms with Crippen LogP contribution in [0.1, 0.15) is 41.6 Å². The van der Waals surface area contributed by atoms with Crippen molar-refractivity contribution in [3.63, 3.8) is 0 Å². The van der Waals surface area contributed by atoms with Gasteiger partial charge in [-0.1, -0.05) is 12.1 Å². The molecule has 0 amide bonds. The van der Waals surface area contributed by atoms with Gasteiger partial charge in [0.25, 0.3) is 0 Å². The summed E-state index contributed by atoms with van der Waals surface area (Å²) < 4.78 is 0. The average molecular weight is 288 g/mol. The molecule has 0 saturated carbocycles. The third kappa shape index (κ3) is 3.44. The first-order valence-corrected chi connectivity index (χ1v) is 7.92. The normalized spacial score (nSPS) is 26.9. The van der Waals surface area contributed by atoms with Crippen molar-refractivity contribution < 1.29 is 9.90 Å². The molecule has 114 valence electrons. The van der Waals surface area contributed by atoms with Crippen LogP contribution in [0.4, 0.5) is 0 Å². The van der Waals surface area contributed by atoms with Gasteiger partial charge in [-0.05, 0) is 61.9 Å². The third-order valence-electron chi connectivity index (χ3n) is 4.91. The first-order chi connectivity index (χ1) is 10.2.